The molecule has 0 fully saturated rings. The van der Waals surface area contributed by atoms with Crippen LogP contribution in [0, 0.1) is 0 Å². The quantitative estimate of drug-likeness (QED) is 0.469. The molecule has 0 saturated carbocycles. The highest BCUT2D eigenvalue weighted by molar-refractivity contribution is 5.92. The van der Waals surface area contributed by atoms with Gasteiger partial charge in [-0.2, -0.15) is 0 Å². The zero-order valence-corrected chi connectivity index (χ0v) is 13.7. The standard InChI is InChI=1S/C18H28O5/c1-13(19)7-5-11-15(20)10-4-2-3-8-14-9-6-12-16(21)17(14)18(22)23/h6,9,12-13,15,19-21H,2-5,7-8,10-11H2,1H3,(H,22,23). The Morgan fingerprint density at radius 2 is 1.74 bits per heavy atom. The van der Waals surface area contributed by atoms with E-state index in [9.17, 15) is 15.0 Å². The highest BCUT2D eigenvalue weighted by Crippen LogP contribution is 2.23. The van der Waals surface area contributed by atoms with Gasteiger partial charge in [-0.15, -0.1) is 0 Å². The number of hydrogen-bond donors (Lipinski definition) is 4. The number of hydrogen-bond acceptors (Lipinski definition) is 4. The zero-order chi connectivity index (χ0) is 17.2. The Morgan fingerprint density at radius 1 is 1.04 bits per heavy atom. The Labute approximate surface area is 137 Å². The van der Waals surface area contributed by atoms with E-state index in [1.54, 1.807) is 19.1 Å². The van der Waals surface area contributed by atoms with Crippen LogP contribution in [0.25, 0.3) is 0 Å². The van der Waals surface area contributed by atoms with Crippen molar-refractivity contribution >= 4 is 5.97 Å². The molecule has 1 aromatic rings. The first-order valence-electron chi connectivity index (χ1n) is 8.32. The first-order chi connectivity index (χ1) is 10.9. The van der Waals surface area contributed by atoms with Crippen LogP contribution >= 0.6 is 0 Å². The summed E-state index contributed by atoms with van der Waals surface area (Å²) in [6.45, 7) is 1.75. The lowest BCUT2D eigenvalue weighted by Gasteiger charge is -2.11. The molecule has 0 amide bonds. The normalized spacial score (nSPS) is 13.7. The van der Waals surface area contributed by atoms with E-state index in [0.717, 1.165) is 32.1 Å². The molecule has 1 rings (SSSR count). The third-order valence-corrected chi connectivity index (χ3v) is 3.99. The number of carboxylic acid groups (broad SMARTS) is 1. The lowest BCUT2D eigenvalue weighted by atomic mass is 9.99. The van der Waals surface area contributed by atoms with Crippen molar-refractivity contribution in [2.24, 2.45) is 0 Å². The highest BCUT2D eigenvalue weighted by Gasteiger charge is 2.14. The monoisotopic (exact) mass is 324 g/mol. The molecule has 0 aliphatic carbocycles. The molecule has 2 unspecified atom stereocenters. The lowest BCUT2D eigenvalue weighted by molar-refractivity contribution is 0.0692. The molecule has 23 heavy (non-hydrogen) atoms. The van der Waals surface area contributed by atoms with Gasteiger partial charge in [0.1, 0.15) is 11.3 Å². The first-order valence-corrected chi connectivity index (χ1v) is 8.32. The molecule has 5 heteroatoms. The molecule has 0 bridgehead atoms. The predicted octanol–water partition coefficient (Wildman–Crippen LogP) is 3.11. The summed E-state index contributed by atoms with van der Waals surface area (Å²) in [5.74, 6) is -1.30. The van der Waals surface area contributed by atoms with E-state index in [0.29, 0.717) is 24.8 Å². The van der Waals surface area contributed by atoms with Crippen LogP contribution in [0.2, 0.25) is 0 Å². The zero-order valence-electron chi connectivity index (χ0n) is 13.7. The van der Waals surface area contributed by atoms with Crippen molar-refractivity contribution in [1.29, 1.82) is 0 Å². The van der Waals surface area contributed by atoms with Crippen LogP contribution in [0.4, 0.5) is 0 Å². The van der Waals surface area contributed by atoms with Crippen LogP contribution in [-0.2, 0) is 6.42 Å². The maximum Gasteiger partial charge on any atom is 0.339 e. The van der Waals surface area contributed by atoms with Gasteiger partial charge in [0, 0.05) is 0 Å². The Bertz CT molecular complexity index is 484. The van der Waals surface area contributed by atoms with E-state index in [4.69, 9.17) is 10.2 Å². The Kier molecular flexibility index (Phi) is 8.66. The molecule has 2 atom stereocenters. The third-order valence-electron chi connectivity index (χ3n) is 3.99. The van der Waals surface area contributed by atoms with Crippen molar-refractivity contribution in [2.75, 3.05) is 0 Å². The number of benzene rings is 1. The highest BCUT2D eigenvalue weighted by atomic mass is 16.4. The van der Waals surface area contributed by atoms with Gasteiger partial charge in [0.15, 0.2) is 0 Å². The fourth-order valence-electron chi connectivity index (χ4n) is 2.71. The van der Waals surface area contributed by atoms with Gasteiger partial charge in [0.2, 0.25) is 0 Å². The predicted molar refractivity (Wildman–Crippen MR) is 88.8 cm³/mol. The SMILES string of the molecule is CC(O)CCCC(O)CCCCCc1cccc(O)c1C(=O)O. The number of aliphatic hydroxyl groups excluding tert-OH is 2. The Hall–Kier alpha value is -1.59. The Morgan fingerprint density at radius 3 is 2.39 bits per heavy atom. The van der Waals surface area contributed by atoms with Crippen LogP contribution in [0.15, 0.2) is 18.2 Å². The third kappa shape index (κ3) is 7.48. The van der Waals surface area contributed by atoms with E-state index in [1.807, 2.05) is 0 Å². The fraction of sp³-hybridized carbons (Fsp3) is 0.611. The molecule has 0 aliphatic heterocycles. The second-order valence-corrected chi connectivity index (χ2v) is 6.15. The molecule has 0 heterocycles. The molecular formula is C18H28O5. The van der Waals surface area contributed by atoms with Gasteiger partial charge < -0.3 is 20.4 Å². The maximum atomic E-state index is 11.2. The summed E-state index contributed by atoms with van der Waals surface area (Å²) in [7, 11) is 0. The lowest BCUT2D eigenvalue weighted by Crippen LogP contribution is -2.08. The molecular weight excluding hydrogens is 296 g/mol. The number of aryl methyl sites for hydroxylation is 1. The smallest absolute Gasteiger partial charge is 0.339 e. The van der Waals surface area contributed by atoms with Crippen molar-refractivity contribution in [3.05, 3.63) is 29.3 Å². The van der Waals surface area contributed by atoms with Crippen molar-refractivity contribution in [1.82, 2.24) is 0 Å². The topological polar surface area (TPSA) is 98.0 Å². The van der Waals surface area contributed by atoms with Gasteiger partial charge in [-0.3, -0.25) is 0 Å². The minimum absolute atomic E-state index is 0.00865. The number of unbranched alkanes of at least 4 members (excludes halogenated alkanes) is 2. The summed E-state index contributed by atoms with van der Waals surface area (Å²) in [4.78, 5) is 11.2. The first kappa shape index (κ1) is 19.5. The minimum Gasteiger partial charge on any atom is -0.507 e. The number of phenols is 1. The molecule has 0 radical (unpaired) electrons. The van der Waals surface area contributed by atoms with E-state index in [-0.39, 0.29) is 23.5 Å². The summed E-state index contributed by atoms with van der Waals surface area (Å²) in [6, 6.07) is 4.77. The largest absolute Gasteiger partial charge is 0.507 e. The number of aliphatic hydroxyl groups is 2. The molecule has 1 aromatic carbocycles. The average molecular weight is 324 g/mol. The number of carbonyl (C=O) groups is 1. The number of rotatable bonds is 11. The summed E-state index contributed by atoms with van der Waals surface area (Å²) >= 11 is 0. The van der Waals surface area contributed by atoms with E-state index in [2.05, 4.69) is 0 Å². The van der Waals surface area contributed by atoms with Gasteiger partial charge in [-0.05, 0) is 57.1 Å². The van der Waals surface area contributed by atoms with Crippen LogP contribution in [-0.4, -0.2) is 38.6 Å². The van der Waals surface area contributed by atoms with Gasteiger partial charge in [-0.1, -0.05) is 25.0 Å². The van der Waals surface area contributed by atoms with Gasteiger partial charge >= 0.3 is 5.97 Å². The average Bonchev–Trinajstić information content (AvgIpc) is 2.46. The molecule has 5 nitrogen and oxygen atoms in total. The number of carboxylic acids is 1. The van der Waals surface area contributed by atoms with E-state index >= 15 is 0 Å². The summed E-state index contributed by atoms with van der Waals surface area (Å²) in [6.07, 6.45) is 5.55. The van der Waals surface area contributed by atoms with Crippen molar-refractivity contribution in [2.45, 2.75) is 70.5 Å². The van der Waals surface area contributed by atoms with Crippen LogP contribution in [0.1, 0.15) is 67.8 Å². The minimum atomic E-state index is -1.10. The van der Waals surface area contributed by atoms with Crippen molar-refractivity contribution in [3.63, 3.8) is 0 Å². The molecule has 0 saturated heterocycles. The second kappa shape index (κ2) is 10.2. The molecule has 130 valence electrons. The summed E-state index contributed by atoms with van der Waals surface area (Å²) in [5, 5.41) is 37.8. The molecule has 0 aliphatic rings. The maximum absolute atomic E-state index is 11.2. The van der Waals surface area contributed by atoms with Crippen molar-refractivity contribution in [3.8, 4) is 5.75 Å². The summed E-state index contributed by atoms with van der Waals surface area (Å²) in [5.41, 5.74) is 0.639. The van der Waals surface area contributed by atoms with Crippen molar-refractivity contribution < 1.29 is 25.2 Å². The summed E-state index contributed by atoms with van der Waals surface area (Å²) < 4.78 is 0. The fourth-order valence-corrected chi connectivity index (χ4v) is 2.71. The van der Waals surface area contributed by atoms with Crippen LogP contribution in [0.5, 0.6) is 5.75 Å². The Balaban J connectivity index is 2.25. The van der Waals surface area contributed by atoms with Gasteiger partial charge in [-0.25, -0.2) is 4.79 Å². The number of aromatic carboxylic acids is 1. The molecule has 0 spiro atoms. The van der Waals surface area contributed by atoms with Gasteiger partial charge in [0.05, 0.1) is 12.2 Å². The number of aromatic hydroxyl groups is 1. The van der Waals surface area contributed by atoms with E-state index < -0.39 is 5.97 Å². The van der Waals surface area contributed by atoms with Gasteiger partial charge in [0.25, 0.3) is 0 Å². The molecule has 4 N–H and O–H groups in total. The van der Waals surface area contributed by atoms with E-state index in [1.165, 1.54) is 6.07 Å². The van der Waals surface area contributed by atoms with Crippen LogP contribution in [0.3, 0.4) is 0 Å². The second-order valence-electron chi connectivity index (χ2n) is 6.15. The molecule has 0 aromatic heterocycles. The van der Waals surface area contributed by atoms with Crippen LogP contribution < -0.4 is 0 Å².